The number of nitrogens with zero attached hydrogens (tertiary/aromatic N) is 4. The summed E-state index contributed by atoms with van der Waals surface area (Å²) in [6.07, 6.45) is 2.25. The molecule has 1 aromatic heterocycles. The van der Waals surface area contributed by atoms with Gasteiger partial charge in [-0.3, -0.25) is 9.52 Å². The van der Waals surface area contributed by atoms with Crippen molar-refractivity contribution in [2.24, 2.45) is 0 Å². The first-order chi connectivity index (χ1) is 10.7. The van der Waals surface area contributed by atoms with Crippen LogP contribution >= 0.6 is 0 Å². The van der Waals surface area contributed by atoms with Crippen molar-refractivity contribution in [1.82, 2.24) is 15.0 Å². The molecule has 1 amide bonds. The number of nitrogens with one attached hydrogen (secondary N) is 2. The van der Waals surface area contributed by atoms with E-state index >= 15 is 0 Å². The van der Waals surface area contributed by atoms with Gasteiger partial charge in [0.25, 0.3) is 0 Å². The second kappa shape index (κ2) is 6.65. The topological polar surface area (TPSA) is 109 Å². The number of anilines is 3. The molecule has 0 spiro atoms. The molecule has 9 nitrogen and oxygen atoms in total. The molecule has 0 aliphatic rings. The number of carbonyl (C=O) groups is 1. The SMILES string of the molecule is CN(C)c1ccc(NC(=O)Cn2ncc(NS(C)(=O)=O)n2)cc1. The van der Waals surface area contributed by atoms with Crippen LogP contribution < -0.4 is 14.9 Å². The molecular weight excluding hydrogens is 320 g/mol. The minimum Gasteiger partial charge on any atom is -0.378 e. The largest absolute Gasteiger partial charge is 0.378 e. The molecule has 0 unspecified atom stereocenters. The molecule has 0 aliphatic carbocycles. The number of carbonyl (C=O) groups excluding carboxylic acids is 1. The molecule has 0 aliphatic heterocycles. The molecule has 0 radical (unpaired) electrons. The maximum atomic E-state index is 11.9. The van der Waals surface area contributed by atoms with Crippen molar-refractivity contribution >= 4 is 33.1 Å². The van der Waals surface area contributed by atoms with Crippen LogP contribution in [0.2, 0.25) is 0 Å². The van der Waals surface area contributed by atoms with Gasteiger partial charge in [0, 0.05) is 25.5 Å². The lowest BCUT2D eigenvalue weighted by molar-refractivity contribution is -0.117. The monoisotopic (exact) mass is 338 g/mol. The molecule has 1 heterocycles. The van der Waals surface area contributed by atoms with Crippen LogP contribution in [0, 0.1) is 0 Å². The van der Waals surface area contributed by atoms with E-state index in [1.807, 2.05) is 31.1 Å². The third kappa shape index (κ3) is 5.25. The summed E-state index contributed by atoms with van der Waals surface area (Å²) in [7, 11) is 0.437. The molecular formula is C13H18N6O3S. The van der Waals surface area contributed by atoms with Crippen LogP contribution in [0.5, 0.6) is 0 Å². The van der Waals surface area contributed by atoms with Gasteiger partial charge < -0.3 is 10.2 Å². The Labute approximate surface area is 134 Å². The number of benzene rings is 1. The van der Waals surface area contributed by atoms with Gasteiger partial charge in [-0.25, -0.2) is 8.42 Å². The van der Waals surface area contributed by atoms with Gasteiger partial charge in [-0.1, -0.05) is 0 Å². The highest BCUT2D eigenvalue weighted by molar-refractivity contribution is 7.92. The molecule has 2 N–H and O–H groups in total. The van der Waals surface area contributed by atoms with Crippen LogP contribution in [-0.4, -0.2) is 49.7 Å². The van der Waals surface area contributed by atoms with Gasteiger partial charge in [-0.05, 0) is 24.3 Å². The number of hydrogen-bond acceptors (Lipinski definition) is 6. The Morgan fingerprint density at radius 3 is 2.48 bits per heavy atom. The van der Waals surface area contributed by atoms with E-state index in [-0.39, 0.29) is 18.3 Å². The van der Waals surface area contributed by atoms with E-state index in [9.17, 15) is 13.2 Å². The predicted octanol–water partition coefficient (Wildman–Crippen LogP) is 0.354. The van der Waals surface area contributed by atoms with Gasteiger partial charge >= 0.3 is 0 Å². The summed E-state index contributed by atoms with van der Waals surface area (Å²) >= 11 is 0. The lowest BCUT2D eigenvalue weighted by atomic mass is 10.2. The number of amides is 1. The smallest absolute Gasteiger partial charge is 0.247 e. The summed E-state index contributed by atoms with van der Waals surface area (Å²) in [5, 5.41) is 10.4. The first-order valence-electron chi connectivity index (χ1n) is 6.68. The van der Waals surface area contributed by atoms with Gasteiger partial charge in [0.05, 0.1) is 12.5 Å². The average molecular weight is 338 g/mol. The second-order valence-electron chi connectivity index (χ2n) is 5.12. The number of hydrogen-bond donors (Lipinski definition) is 2. The fourth-order valence-corrected chi connectivity index (χ4v) is 2.26. The summed E-state index contributed by atoms with van der Waals surface area (Å²) in [6, 6.07) is 7.35. The Bertz CT molecular complexity index is 782. The zero-order valence-corrected chi connectivity index (χ0v) is 13.8. The van der Waals surface area contributed by atoms with E-state index in [4.69, 9.17) is 0 Å². The highest BCUT2D eigenvalue weighted by atomic mass is 32.2. The Hall–Kier alpha value is -2.62. The summed E-state index contributed by atoms with van der Waals surface area (Å²) in [4.78, 5) is 15.0. The fraction of sp³-hybridized carbons (Fsp3) is 0.308. The maximum absolute atomic E-state index is 11.9. The Morgan fingerprint density at radius 1 is 1.26 bits per heavy atom. The Morgan fingerprint density at radius 2 is 1.91 bits per heavy atom. The number of aromatic nitrogens is 3. The lowest BCUT2D eigenvalue weighted by Crippen LogP contribution is -2.20. The van der Waals surface area contributed by atoms with Crippen molar-refractivity contribution in [3.63, 3.8) is 0 Å². The lowest BCUT2D eigenvalue weighted by Gasteiger charge is -2.12. The molecule has 23 heavy (non-hydrogen) atoms. The van der Waals surface area contributed by atoms with E-state index in [1.165, 1.54) is 6.20 Å². The van der Waals surface area contributed by atoms with Crippen LogP contribution in [-0.2, 0) is 21.4 Å². The number of sulfonamides is 1. The van der Waals surface area contributed by atoms with E-state index in [0.29, 0.717) is 5.69 Å². The molecule has 2 aromatic rings. The first-order valence-corrected chi connectivity index (χ1v) is 8.57. The molecule has 0 saturated heterocycles. The third-order valence-electron chi connectivity index (χ3n) is 2.78. The van der Waals surface area contributed by atoms with Gasteiger partial charge in [-0.15, -0.1) is 5.10 Å². The van der Waals surface area contributed by atoms with E-state index < -0.39 is 10.0 Å². The fourth-order valence-electron chi connectivity index (χ4n) is 1.78. The standard InChI is InChI=1S/C13H18N6O3S/c1-18(2)11-6-4-10(5-7-11)15-13(20)9-19-14-8-12(16-19)17-23(3,21)22/h4-8H,9H2,1-3H3,(H,15,20)(H,16,17). The van der Waals surface area contributed by atoms with Crippen LogP contribution in [0.15, 0.2) is 30.5 Å². The molecule has 10 heteroatoms. The first kappa shape index (κ1) is 16.7. The summed E-state index contributed by atoms with van der Waals surface area (Å²) in [5.74, 6) is -0.250. The highest BCUT2D eigenvalue weighted by Crippen LogP contribution is 2.15. The third-order valence-corrected chi connectivity index (χ3v) is 3.36. The molecule has 1 aromatic carbocycles. The molecule has 2 rings (SSSR count). The zero-order valence-electron chi connectivity index (χ0n) is 13.0. The van der Waals surface area contributed by atoms with Crippen molar-refractivity contribution in [1.29, 1.82) is 0 Å². The Kier molecular flexibility index (Phi) is 4.84. The van der Waals surface area contributed by atoms with Crippen LogP contribution in [0.1, 0.15) is 0 Å². The normalized spacial score (nSPS) is 11.1. The van der Waals surface area contributed by atoms with Gasteiger partial charge in [-0.2, -0.15) is 9.90 Å². The summed E-state index contributed by atoms with van der Waals surface area (Å²) in [5.41, 5.74) is 1.68. The van der Waals surface area contributed by atoms with Crippen molar-refractivity contribution in [2.45, 2.75) is 6.54 Å². The Balaban J connectivity index is 1.94. The average Bonchev–Trinajstić information content (AvgIpc) is 2.84. The quantitative estimate of drug-likeness (QED) is 0.787. The molecule has 124 valence electrons. The minimum atomic E-state index is -3.42. The zero-order chi connectivity index (χ0) is 17.0. The van der Waals surface area contributed by atoms with E-state index in [1.54, 1.807) is 12.1 Å². The van der Waals surface area contributed by atoms with Crippen LogP contribution in [0.25, 0.3) is 0 Å². The summed E-state index contributed by atoms with van der Waals surface area (Å²) in [6.45, 7) is -0.124. The minimum absolute atomic E-state index is 0.0654. The second-order valence-corrected chi connectivity index (χ2v) is 6.87. The van der Waals surface area contributed by atoms with Gasteiger partial charge in [0.15, 0.2) is 5.82 Å². The highest BCUT2D eigenvalue weighted by Gasteiger charge is 2.09. The van der Waals surface area contributed by atoms with Crippen molar-refractivity contribution in [3.8, 4) is 0 Å². The van der Waals surface area contributed by atoms with Crippen LogP contribution in [0.3, 0.4) is 0 Å². The van der Waals surface area contributed by atoms with Gasteiger partial charge in [0.1, 0.15) is 6.54 Å². The maximum Gasteiger partial charge on any atom is 0.247 e. The van der Waals surface area contributed by atoms with E-state index in [0.717, 1.165) is 16.7 Å². The molecule has 0 bridgehead atoms. The van der Waals surface area contributed by atoms with E-state index in [2.05, 4.69) is 20.2 Å². The van der Waals surface area contributed by atoms with Crippen molar-refractivity contribution in [2.75, 3.05) is 35.3 Å². The molecule has 0 atom stereocenters. The predicted molar refractivity (Wildman–Crippen MR) is 87.9 cm³/mol. The molecule has 0 saturated carbocycles. The summed E-state index contributed by atoms with van der Waals surface area (Å²) < 4.78 is 24.3. The van der Waals surface area contributed by atoms with Crippen LogP contribution in [0.4, 0.5) is 17.2 Å². The van der Waals surface area contributed by atoms with Gasteiger partial charge in [0.2, 0.25) is 15.9 Å². The number of rotatable bonds is 6. The van der Waals surface area contributed by atoms with Crippen molar-refractivity contribution < 1.29 is 13.2 Å². The van der Waals surface area contributed by atoms with Crippen molar-refractivity contribution in [3.05, 3.63) is 30.5 Å². The molecule has 0 fully saturated rings.